The first-order chi connectivity index (χ1) is 8.60. The molecule has 0 unspecified atom stereocenters. The minimum absolute atomic E-state index is 0.0727. The second kappa shape index (κ2) is 5.61. The molecule has 1 fully saturated rings. The second-order valence-corrected chi connectivity index (χ2v) is 4.60. The fourth-order valence-corrected chi connectivity index (χ4v) is 2.27. The van der Waals surface area contributed by atoms with Crippen LogP contribution < -0.4 is 5.32 Å². The summed E-state index contributed by atoms with van der Waals surface area (Å²) < 4.78 is 39.5. The summed E-state index contributed by atoms with van der Waals surface area (Å²) in [6.45, 7) is 4.94. The Kier molecular flexibility index (Phi) is 4.11. The van der Waals surface area contributed by atoms with Crippen LogP contribution in [-0.4, -0.2) is 30.6 Å². The van der Waals surface area contributed by atoms with Crippen LogP contribution in [0.15, 0.2) is 12.1 Å². The van der Waals surface area contributed by atoms with Crippen molar-refractivity contribution in [1.82, 2.24) is 4.90 Å². The standard InChI is InChI=1S/C13H17F3N2/c1-2-18-5-3-10(4-6-18)17-12-8-9(14)7-11(15)13(12)16/h7-8,10,17H,2-6H2,1H3. The predicted octanol–water partition coefficient (Wildman–Crippen LogP) is 3.00. The fourth-order valence-electron chi connectivity index (χ4n) is 2.27. The number of nitrogens with zero attached hydrogens (tertiary/aromatic N) is 1. The zero-order valence-corrected chi connectivity index (χ0v) is 10.3. The van der Waals surface area contributed by atoms with E-state index >= 15 is 0 Å². The Morgan fingerprint density at radius 1 is 1.22 bits per heavy atom. The first-order valence-electron chi connectivity index (χ1n) is 6.23. The highest BCUT2D eigenvalue weighted by molar-refractivity contribution is 5.46. The van der Waals surface area contributed by atoms with Gasteiger partial charge in [0.15, 0.2) is 11.6 Å². The average Bonchev–Trinajstić information content (AvgIpc) is 2.36. The van der Waals surface area contributed by atoms with Crippen molar-refractivity contribution < 1.29 is 13.2 Å². The van der Waals surface area contributed by atoms with Gasteiger partial charge in [-0.1, -0.05) is 6.92 Å². The quantitative estimate of drug-likeness (QED) is 0.838. The Labute approximate surface area is 105 Å². The number of hydrogen-bond acceptors (Lipinski definition) is 2. The van der Waals surface area contributed by atoms with E-state index in [1.54, 1.807) is 0 Å². The van der Waals surface area contributed by atoms with Gasteiger partial charge in [0.25, 0.3) is 0 Å². The van der Waals surface area contributed by atoms with Crippen LogP contribution >= 0.6 is 0 Å². The summed E-state index contributed by atoms with van der Waals surface area (Å²) in [6.07, 6.45) is 1.71. The number of anilines is 1. The van der Waals surface area contributed by atoms with Crippen LogP contribution in [0.3, 0.4) is 0 Å². The number of nitrogens with one attached hydrogen (secondary N) is 1. The summed E-state index contributed by atoms with van der Waals surface area (Å²) in [5.41, 5.74) is -0.0811. The summed E-state index contributed by atoms with van der Waals surface area (Å²) in [6, 6.07) is 1.63. The molecular weight excluding hydrogens is 241 g/mol. The lowest BCUT2D eigenvalue weighted by Crippen LogP contribution is -2.39. The van der Waals surface area contributed by atoms with Crippen LogP contribution in [0.1, 0.15) is 19.8 Å². The van der Waals surface area contributed by atoms with Crippen molar-refractivity contribution >= 4 is 5.69 Å². The number of likely N-dealkylation sites (tertiary alicyclic amines) is 1. The largest absolute Gasteiger partial charge is 0.380 e. The molecule has 1 saturated heterocycles. The average molecular weight is 258 g/mol. The number of hydrogen-bond donors (Lipinski definition) is 1. The minimum atomic E-state index is -1.15. The van der Waals surface area contributed by atoms with Gasteiger partial charge >= 0.3 is 0 Å². The zero-order valence-electron chi connectivity index (χ0n) is 10.3. The second-order valence-electron chi connectivity index (χ2n) is 4.60. The molecule has 0 spiro atoms. The van der Waals surface area contributed by atoms with Crippen LogP contribution in [0.5, 0.6) is 0 Å². The number of rotatable bonds is 3. The molecule has 1 aromatic carbocycles. The Morgan fingerprint density at radius 3 is 2.50 bits per heavy atom. The molecule has 5 heteroatoms. The first kappa shape index (κ1) is 13.2. The number of piperidine rings is 1. The molecule has 100 valence electrons. The van der Waals surface area contributed by atoms with Gasteiger partial charge in [-0.05, 0) is 19.4 Å². The minimum Gasteiger partial charge on any atom is -0.380 e. The summed E-state index contributed by atoms with van der Waals surface area (Å²) in [4.78, 5) is 2.29. The summed E-state index contributed by atoms with van der Waals surface area (Å²) in [5, 5.41) is 2.89. The SMILES string of the molecule is CCN1CCC(Nc2cc(F)cc(F)c2F)CC1. The van der Waals surface area contributed by atoms with Gasteiger partial charge in [0.05, 0.1) is 5.69 Å². The van der Waals surface area contributed by atoms with E-state index in [2.05, 4.69) is 17.1 Å². The van der Waals surface area contributed by atoms with Gasteiger partial charge in [-0.2, -0.15) is 0 Å². The third-order valence-corrected chi connectivity index (χ3v) is 3.39. The molecular formula is C13H17F3N2. The van der Waals surface area contributed by atoms with E-state index in [9.17, 15) is 13.2 Å². The van der Waals surface area contributed by atoms with Gasteiger partial charge in [-0.3, -0.25) is 0 Å². The van der Waals surface area contributed by atoms with Crippen LogP contribution in [-0.2, 0) is 0 Å². The Hall–Kier alpha value is -1.23. The predicted molar refractivity (Wildman–Crippen MR) is 65.1 cm³/mol. The maximum atomic E-state index is 13.5. The topological polar surface area (TPSA) is 15.3 Å². The number of halogens is 3. The molecule has 0 amide bonds. The van der Waals surface area contributed by atoms with Gasteiger partial charge < -0.3 is 10.2 Å². The highest BCUT2D eigenvalue weighted by Gasteiger charge is 2.20. The Balaban J connectivity index is 2.02. The van der Waals surface area contributed by atoms with Gasteiger partial charge in [-0.25, -0.2) is 13.2 Å². The molecule has 0 aliphatic carbocycles. The third-order valence-electron chi connectivity index (χ3n) is 3.39. The van der Waals surface area contributed by atoms with Gasteiger partial charge in [0.2, 0.25) is 0 Å². The molecule has 1 heterocycles. The fraction of sp³-hybridized carbons (Fsp3) is 0.538. The van der Waals surface area contributed by atoms with E-state index in [0.717, 1.165) is 38.5 Å². The molecule has 1 N–H and O–H groups in total. The van der Waals surface area contributed by atoms with E-state index in [1.165, 1.54) is 0 Å². The van der Waals surface area contributed by atoms with Crippen molar-refractivity contribution in [2.75, 3.05) is 25.0 Å². The molecule has 0 radical (unpaired) electrons. The normalized spacial score (nSPS) is 18.0. The molecule has 0 saturated carbocycles. The van der Waals surface area contributed by atoms with Crippen LogP contribution in [0.25, 0.3) is 0 Å². The van der Waals surface area contributed by atoms with E-state index in [0.29, 0.717) is 6.07 Å². The lowest BCUT2D eigenvalue weighted by atomic mass is 10.0. The molecule has 0 atom stereocenters. The van der Waals surface area contributed by atoms with E-state index in [1.807, 2.05) is 0 Å². The maximum absolute atomic E-state index is 13.5. The van der Waals surface area contributed by atoms with Crippen molar-refractivity contribution in [2.24, 2.45) is 0 Å². The molecule has 1 aliphatic rings. The van der Waals surface area contributed by atoms with Crippen molar-refractivity contribution in [1.29, 1.82) is 0 Å². The van der Waals surface area contributed by atoms with Crippen LogP contribution in [0.4, 0.5) is 18.9 Å². The van der Waals surface area contributed by atoms with Crippen molar-refractivity contribution in [2.45, 2.75) is 25.8 Å². The number of benzene rings is 1. The molecule has 1 aromatic rings. The van der Waals surface area contributed by atoms with Crippen LogP contribution in [0.2, 0.25) is 0 Å². The van der Waals surface area contributed by atoms with Gasteiger partial charge in [-0.15, -0.1) is 0 Å². The Morgan fingerprint density at radius 2 is 1.89 bits per heavy atom. The molecule has 2 nitrogen and oxygen atoms in total. The van der Waals surface area contributed by atoms with Crippen molar-refractivity contribution in [3.8, 4) is 0 Å². The zero-order chi connectivity index (χ0) is 13.1. The molecule has 0 bridgehead atoms. The maximum Gasteiger partial charge on any atom is 0.182 e. The smallest absolute Gasteiger partial charge is 0.182 e. The molecule has 2 rings (SSSR count). The highest BCUT2D eigenvalue weighted by atomic mass is 19.2. The molecule has 1 aliphatic heterocycles. The first-order valence-corrected chi connectivity index (χ1v) is 6.23. The Bertz CT molecular complexity index is 415. The van der Waals surface area contributed by atoms with E-state index in [-0.39, 0.29) is 11.7 Å². The highest BCUT2D eigenvalue weighted by Crippen LogP contribution is 2.22. The van der Waals surface area contributed by atoms with E-state index < -0.39 is 17.5 Å². The van der Waals surface area contributed by atoms with Crippen LogP contribution in [0, 0.1) is 17.5 Å². The monoisotopic (exact) mass is 258 g/mol. The molecule has 18 heavy (non-hydrogen) atoms. The lowest BCUT2D eigenvalue weighted by Gasteiger charge is -2.32. The summed E-state index contributed by atoms with van der Waals surface area (Å²) in [5.74, 6) is -2.92. The van der Waals surface area contributed by atoms with Gasteiger partial charge in [0, 0.05) is 31.3 Å². The summed E-state index contributed by atoms with van der Waals surface area (Å²) in [7, 11) is 0. The third kappa shape index (κ3) is 2.96. The summed E-state index contributed by atoms with van der Waals surface area (Å²) >= 11 is 0. The van der Waals surface area contributed by atoms with Crippen molar-refractivity contribution in [3.05, 3.63) is 29.6 Å². The lowest BCUT2D eigenvalue weighted by molar-refractivity contribution is 0.229. The van der Waals surface area contributed by atoms with E-state index in [4.69, 9.17) is 0 Å². The van der Waals surface area contributed by atoms with Gasteiger partial charge in [0.1, 0.15) is 5.82 Å². The van der Waals surface area contributed by atoms with Crippen molar-refractivity contribution in [3.63, 3.8) is 0 Å². The molecule has 0 aromatic heterocycles.